The van der Waals surface area contributed by atoms with Crippen LogP contribution >= 0.6 is 0 Å². The van der Waals surface area contributed by atoms with E-state index < -0.39 is 54.8 Å². The number of nitrogens with one attached hydrogen (secondary N) is 1. The molecule has 0 heterocycles. The average Bonchev–Trinajstić information content (AvgIpc) is 3.17. The van der Waals surface area contributed by atoms with E-state index in [9.17, 15) is 31.2 Å². The Kier molecular flexibility index (Phi) is 21.0. The fourth-order valence-corrected chi connectivity index (χ4v) is 8.53. The number of sulfone groups is 2. The molecule has 0 aliphatic carbocycles. The summed E-state index contributed by atoms with van der Waals surface area (Å²) in [6.07, 6.45) is -0.0350. The van der Waals surface area contributed by atoms with E-state index in [0.29, 0.717) is 71.6 Å². The number of aliphatic carboxylic acids is 1. The summed E-state index contributed by atoms with van der Waals surface area (Å²) < 4.78 is 85.8. The van der Waals surface area contributed by atoms with Gasteiger partial charge in [0.15, 0.2) is 25.5 Å². The maximum atomic E-state index is 13.8. The minimum absolute atomic E-state index is 0.00269. The molecule has 0 saturated heterocycles. The highest BCUT2D eigenvalue weighted by atomic mass is 32.2. The minimum Gasteiger partial charge on any atom is -0.481 e. The van der Waals surface area contributed by atoms with Crippen LogP contribution < -0.4 is 5.32 Å². The van der Waals surface area contributed by atoms with Crippen molar-refractivity contribution in [2.75, 3.05) is 97.3 Å². The fraction of sp³-hybridized carbons (Fsp3) is 0.475. The lowest BCUT2D eigenvalue weighted by atomic mass is 9.99. The Morgan fingerprint density at radius 2 is 1.02 bits per heavy atom. The summed E-state index contributed by atoms with van der Waals surface area (Å²) in [5, 5.41) is 11.2. The SMILES string of the molecule is Cc1ccc(S(=O)(=O)CC(CS(=O)(=O)c2cccc(C)c2)C(=O)c2ccc(C(=O)NCCOCCOCCOCCOCCOCCOCCC(=O)O)cc2)cc1. The van der Waals surface area contributed by atoms with Gasteiger partial charge in [-0.05, 0) is 55.8 Å². The number of carbonyl (C=O) groups excluding carboxylic acids is 2. The zero-order valence-electron chi connectivity index (χ0n) is 32.4. The zero-order chi connectivity index (χ0) is 41.5. The van der Waals surface area contributed by atoms with Crippen LogP contribution in [0.3, 0.4) is 0 Å². The molecule has 17 heteroatoms. The van der Waals surface area contributed by atoms with Crippen molar-refractivity contribution in [3.8, 4) is 0 Å². The molecule has 0 bridgehead atoms. The molecule has 0 spiro atoms. The number of ether oxygens (including phenoxy) is 6. The van der Waals surface area contributed by atoms with E-state index in [0.717, 1.165) is 5.56 Å². The first-order valence-electron chi connectivity index (χ1n) is 18.5. The van der Waals surface area contributed by atoms with Gasteiger partial charge in [0.05, 0.1) is 113 Å². The first kappa shape index (κ1) is 47.3. The number of hydrogen-bond acceptors (Lipinski definition) is 13. The van der Waals surface area contributed by atoms with E-state index >= 15 is 0 Å². The van der Waals surface area contributed by atoms with Gasteiger partial charge in [-0.2, -0.15) is 0 Å². The Labute approximate surface area is 334 Å². The van der Waals surface area contributed by atoms with Crippen LogP contribution in [-0.2, 0) is 52.9 Å². The summed E-state index contributed by atoms with van der Waals surface area (Å²) in [7, 11) is -8.09. The van der Waals surface area contributed by atoms with Gasteiger partial charge in [0.25, 0.3) is 5.91 Å². The Morgan fingerprint density at radius 1 is 0.561 bits per heavy atom. The highest BCUT2D eigenvalue weighted by Gasteiger charge is 2.33. The van der Waals surface area contributed by atoms with E-state index in [-0.39, 0.29) is 47.1 Å². The molecule has 0 aliphatic rings. The van der Waals surface area contributed by atoms with Crippen LogP contribution in [0, 0.1) is 19.8 Å². The number of rotatable bonds is 30. The second-order valence-corrected chi connectivity index (χ2v) is 17.0. The minimum atomic E-state index is -4.05. The van der Waals surface area contributed by atoms with Crippen LogP contribution in [0.5, 0.6) is 0 Å². The molecule has 0 aromatic heterocycles. The van der Waals surface area contributed by atoms with E-state index in [1.807, 2.05) is 6.92 Å². The van der Waals surface area contributed by atoms with Gasteiger partial charge in [0, 0.05) is 17.7 Å². The van der Waals surface area contributed by atoms with E-state index in [2.05, 4.69) is 5.32 Å². The molecule has 57 heavy (non-hydrogen) atoms. The summed E-state index contributed by atoms with van der Waals surface area (Å²) in [6, 6.07) is 18.0. The summed E-state index contributed by atoms with van der Waals surface area (Å²) >= 11 is 0. The summed E-state index contributed by atoms with van der Waals surface area (Å²) in [4.78, 5) is 36.8. The molecule has 0 saturated carbocycles. The molecule has 314 valence electrons. The van der Waals surface area contributed by atoms with Gasteiger partial charge in [0.2, 0.25) is 0 Å². The number of ketones is 1. The topological polar surface area (TPSA) is 207 Å². The van der Waals surface area contributed by atoms with Gasteiger partial charge in [-0.3, -0.25) is 14.4 Å². The number of Topliss-reactive ketones (excluding diaryl/α,β-unsaturated/α-hetero) is 1. The van der Waals surface area contributed by atoms with Gasteiger partial charge in [-0.15, -0.1) is 0 Å². The molecule has 3 aromatic rings. The molecule has 3 rings (SSSR count). The lowest BCUT2D eigenvalue weighted by Crippen LogP contribution is -2.31. The Morgan fingerprint density at radius 3 is 1.51 bits per heavy atom. The Bertz CT molecular complexity index is 1900. The third-order valence-corrected chi connectivity index (χ3v) is 11.9. The molecular weight excluding hydrogens is 783 g/mol. The Balaban J connectivity index is 1.34. The number of hydrogen-bond donors (Lipinski definition) is 2. The largest absolute Gasteiger partial charge is 0.481 e. The number of carbonyl (C=O) groups is 3. The molecule has 1 unspecified atom stereocenters. The van der Waals surface area contributed by atoms with Gasteiger partial charge in [0.1, 0.15) is 0 Å². The van der Waals surface area contributed by atoms with Crippen LogP contribution in [-0.4, -0.2) is 137 Å². The third kappa shape index (κ3) is 18.4. The lowest BCUT2D eigenvalue weighted by Gasteiger charge is -2.17. The Hall–Kier alpha value is -4.07. The maximum absolute atomic E-state index is 13.8. The predicted molar refractivity (Wildman–Crippen MR) is 210 cm³/mol. The van der Waals surface area contributed by atoms with E-state index in [1.165, 1.54) is 48.5 Å². The second kappa shape index (κ2) is 25.3. The summed E-state index contributed by atoms with van der Waals surface area (Å²) in [6.45, 7) is 7.82. The fourth-order valence-electron chi connectivity index (χ4n) is 5.20. The van der Waals surface area contributed by atoms with Crippen molar-refractivity contribution < 1.29 is 64.7 Å². The van der Waals surface area contributed by atoms with Crippen LogP contribution in [0.15, 0.2) is 82.6 Å². The normalized spacial score (nSPS) is 12.3. The number of aryl methyl sites for hydroxylation is 2. The molecule has 3 aromatic carbocycles. The predicted octanol–water partition coefficient (Wildman–Crippen LogP) is 3.35. The lowest BCUT2D eigenvalue weighted by molar-refractivity contribution is -0.138. The van der Waals surface area contributed by atoms with Crippen LogP contribution in [0.1, 0.15) is 38.3 Å². The molecule has 1 atom stereocenters. The first-order valence-corrected chi connectivity index (χ1v) is 21.8. The molecule has 2 N–H and O–H groups in total. The van der Waals surface area contributed by atoms with E-state index in [4.69, 9.17) is 33.5 Å². The first-order chi connectivity index (χ1) is 27.3. The molecule has 15 nitrogen and oxygen atoms in total. The number of benzene rings is 3. The third-order valence-electron chi connectivity index (χ3n) is 8.22. The van der Waals surface area contributed by atoms with Gasteiger partial charge in [-0.25, -0.2) is 16.8 Å². The second-order valence-electron chi connectivity index (χ2n) is 12.9. The average molecular weight is 836 g/mol. The van der Waals surface area contributed by atoms with Crippen molar-refractivity contribution in [2.45, 2.75) is 30.1 Å². The molecule has 0 fully saturated rings. The molecular formula is C40H53NO14S2. The van der Waals surface area contributed by atoms with Crippen LogP contribution in [0.25, 0.3) is 0 Å². The van der Waals surface area contributed by atoms with Crippen LogP contribution in [0.4, 0.5) is 0 Å². The number of carboxylic acids is 1. The highest BCUT2D eigenvalue weighted by molar-refractivity contribution is 7.92. The highest BCUT2D eigenvalue weighted by Crippen LogP contribution is 2.23. The quantitative estimate of drug-likeness (QED) is 0.0730. The van der Waals surface area contributed by atoms with Gasteiger partial charge < -0.3 is 38.8 Å². The monoisotopic (exact) mass is 835 g/mol. The molecule has 0 radical (unpaired) electrons. The smallest absolute Gasteiger partial charge is 0.305 e. The molecule has 0 aliphatic heterocycles. The number of carboxylic acid groups (broad SMARTS) is 1. The van der Waals surface area contributed by atoms with Crippen molar-refractivity contribution in [3.63, 3.8) is 0 Å². The van der Waals surface area contributed by atoms with Crippen molar-refractivity contribution in [3.05, 3.63) is 95.1 Å². The zero-order valence-corrected chi connectivity index (χ0v) is 34.0. The van der Waals surface area contributed by atoms with Crippen molar-refractivity contribution in [1.82, 2.24) is 5.32 Å². The summed E-state index contributed by atoms with van der Waals surface area (Å²) in [5.74, 6) is -4.82. The molecule has 1 amide bonds. The van der Waals surface area contributed by atoms with Gasteiger partial charge in [-0.1, -0.05) is 42.0 Å². The number of amides is 1. The van der Waals surface area contributed by atoms with E-state index in [1.54, 1.807) is 31.2 Å². The maximum Gasteiger partial charge on any atom is 0.305 e. The van der Waals surface area contributed by atoms with Gasteiger partial charge >= 0.3 is 5.97 Å². The van der Waals surface area contributed by atoms with Crippen molar-refractivity contribution in [2.24, 2.45) is 5.92 Å². The summed E-state index contributed by atoms with van der Waals surface area (Å²) in [5.41, 5.74) is 1.88. The van der Waals surface area contributed by atoms with Crippen molar-refractivity contribution >= 4 is 37.3 Å². The van der Waals surface area contributed by atoms with Crippen LogP contribution in [0.2, 0.25) is 0 Å². The standard InChI is InChI=1S/C40H53NO14S2/c1-31-6-12-36(13-7-31)56(46,47)29-35(30-57(48,49)37-5-3-4-32(2)28-37)39(44)33-8-10-34(11-9-33)40(45)41-15-17-51-19-21-53-23-25-55-27-26-54-24-22-52-20-18-50-16-14-38(42)43/h3-13,28,35H,14-27,29-30H2,1-2H3,(H,41,45)(H,42,43). The van der Waals surface area contributed by atoms with Crippen molar-refractivity contribution in [1.29, 1.82) is 0 Å².